The highest BCUT2D eigenvalue weighted by molar-refractivity contribution is 14.1. The molecular weight excluding hydrogens is 381 g/mol. The number of carbonyl (C=O) groups excluding carboxylic acids is 1. The van der Waals surface area contributed by atoms with Crippen molar-refractivity contribution in [2.75, 3.05) is 6.54 Å². The van der Waals surface area contributed by atoms with Crippen LogP contribution in [0.2, 0.25) is 5.02 Å². The fraction of sp³-hybridized carbons (Fsp3) is 0.333. The second-order valence-electron chi connectivity index (χ2n) is 4.68. The predicted octanol–water partition coefficient (Wildman–Crippen LogP) is 2.45. The van der Waals surface area contributed by atoms with Gasteiger partial charge in [0.1, 0.15) is 5.84 Å². The summed E-state index contributed by atoms with van der Waals surface area (Å²) in [5.74, 6) is -0.189. The molecule has 0 heterocycles. The van der Waals surface area contributed by atoms with E-state index in [1.54, 1.807) is 32.0 Å². The Bertz CT molecular complexity index is 518. The molecule has 0 saturated carbocycles. The van der Waals surface area contributed by atoms with Gasteiger partial charge in [0.15, 0.2) is 0 Å². The average Bonchev–Trinajstić information content (AvgIpc) is 2.38. The number of hydrogen-bond donors (Lipinski definition) is 3. The SMILES string of the molecule is CC(C)(CNC(=O)c1ccc(I)c(Cl)c1)/C(N)=N/O. The van der Waals surface area contributed by atoms with E-state index < -0.39 is 5.41 Å². The lowest BCUT2D eigenvalue weighted by Gasteiger charge is -2.23. The predicted molar refractivity (Wildman–Crippen MR) is 83.7 cm³/mol. The van der Waals surface area contributed by atoms with Crippen molar-refractivity contribution in [3.05, 3.63) is 32.4 Å². The summed E-state index contributed by atoms with van der Waals surface area (Å²) in [7, 11) is 0. The van der Waals surface area contributed by atoms with Gasteiger partial charge in [-0.15, -0.1) is 0 Å². The Hall–Kier alpha value is -1.02. The summed E-state index contributed by atoms with van der Waals surface area (Å²) < 4.78 is 0.882. The molecule has 0 aliphatic carbocycles. The first-order valence-corrected chi connectivity index (χ1v) is 6.95. The highest BCUT2D eigenvalue weighted by Gasteiger charge is 2.24. The molecule has 1 rings (SSSR count). The third kappa shape index (κ3) is 4.24. The van der Waals surface area contributed by atoms with Crippen LogP contribution in [0.15, 0.2) is 23.4 Å². The van der Waals surface area contributed by atoms with E-state index in [-0.39, 0.29) is 18.3 Å². The summed E-state index contributed by atoms with van der Waals surface area (Å²) in [5, 5.41) is 14.9. The minimum Gasteiger partial charge on any atom is -0.409 e. The van der Waals surface area contributed by atoms with Gasteiger partial charge < -0.3 is 16.3 Å². The maximum atomic E-state index is 12.0. The van der Waals surface area contributed by atoms with Crippen LogP contribution in [0.25, 0.3) is 0 Å². The zero-order chi connectivity index (χ0) is 14.6. The van der Waals surface area contributed by atoms with E-state index in [4.69, 9.17) is 22.5 Å². The lowest BCUT2D eigenvalue weighted by atomic mass is 9.92. The van der Waals surface area contributed by atoms with Crippen molar-refractivity contribution in [1.29, 1.82) is 0 Å². The summed E-state index contributed by atoms with van der Waals surface area (Å²) in [6.07, 6.45) is 0. The topological polar surface area (TPSA) is 87.7 Å². The van der Waals surface area contributed by atoms with Gasteiger partial charge in [0, 0.05) is 21.1 Å². The quantitative estimate of drug-likeness (QED) is 0.241. The Labute approximate surface area is 130 Å². The van der Waals surface area contributed by atoms with Gasteiger partial charge in [-0.2, -0.15) is 0 Å². The molecular formula is C12H15ClIN3O2. The molecule has 1 aromatic rings. The van der Waals surface area contributed by atoms with Crippen molar-refractivity contribution in [3.63, 3.8) is 0 Å². The van der Waals surface area contributed by atoms with E-state index in [9.17, 15) is 4.79 Å². The van der Waals surface area contributed by atoms with Crippen LogP contribution < -0.4 is 11.1 Å². The van der Waals surface area contributed by atoms with Crippen molar-refractivity contribution in [1.82, 2.24) is 5.32 Å². The molecule has 7 heteroatoms. The van der Waals surface area contributed by atoms with Gasteiger partial charge >= 0.3 is 0 Å². The van der Waals surface area contributed by atoms with Crippen molar-refractivity contribution >= 4 is 45.9 Å². The normalized spacial score (nSPS) is 12.3. The lowest BCUT2D eigenvalue weighted by molar-refractivity contribution is 0.0944. The Morgan fingerprint density at radius 1 is 1.58 bits per heavy atom. The third-order valence-corrected chi connectivity index (χ3v) is 4.25. The number of halogens is 2. The van der Waals surface area contributed by atoms with Gasteiger partial charge in [-0.05, 0) is 40.8 Å². The smallest absolute Gasteiger partial charge is 0.251 e. The molecule has 0 saturated heterocycles. The molecule has 0 aliphatic rings. The summed E-state index contributed by atoms with van der Waals surface area (Å²) in [6.45, 7) is 3.79. The number of amides is 1. The Morgan fingerprint density at radius 2 is 2.21 bits per heavy atom. The van der Waals surface area contributed by atoms with Gasteiger partial charge in [0.25, 0.3) is 5.91 Å². The molecule has 104 valence electrons. The number of hydrogen-bond acceptors (Lipinski definition) is 3. The van der Waals surface area contributed by atoms with Gasteiger partial charge in [-0.3, -0.25) is 4.79 Å². The number of rotatable bonds is 4. The van der Waals surface area contributed by atoms with Crippen LogP contribution in [0.4, 0.5) is 0 Å². The summed E-state index contributed by atoms with van der Waals surface area (Å²) >= 11 is 8.05. The maximum Gasteiger partial charge on any atom is 0.251 e. The Balaban J connectivity index is 2.73. The molecule has 4 N–H and O–H groups in total. The van der Waals surface area contributed by atoms with Crippen LogP contribution in [-0.4, -0.2) is 23.5 Å². The van der Waals surface area contributed by atoms with Crippen LogP contribution in [-0.2, 0) is 0 Å². The number of nitrogens with zero attached hydrogens (tertiary/aromatic N) is 1. The molecule has 0 atom stereocenters. The first-order chi connectivity index (χ1) is 8.77. The monoisotopic (exact) mass is 395 g/mol. The molecule has 5 nitrogen and oxygen atoms in total. The molecule has 0 fully saturated rings. The molecule has 0 aromatic heterocycles. The zero-order valence-electron chi connectivity index (χ0n) is 10.6. The highest BCUT2D eigenvalue weighted by atomic mass is 127. The number of amidine groups is 1. The molecule has 1 aromatic carbocycles. The van der Waals surface area contributed by atoms with Crippen molar-refractivity contribution < 1.29 is 10.0 Å². The van der Waals surface area contributed by atoms with Crippen LogP contribution in [0.5, 0.6) is 0 Å². The lowest BCUT2D eigenvalue weighted by Crippen LogP contribution is -2.42. The fourth-order valence-electron chi connectivity index (χ4n) is 1.27. The third-order valence-electron chi connectivity index (χ3n) is 2.67. The van der Waals surface area contributed by atoms with Crippen molar-refractivity contribution in [2.24, 2.45) is 16.3 Å². The van der Waals surface area contributed by atoms with E-state index in [0.29, 0.717) is 10.6 Å². The number of benzene rings is 1. The van der Waals surface area contributed by atoms with Gasteiger partial charge in [-0.25, -0.2) is 0 Å². The molecule has 0 bridgehead atoms. The molecule has 0 aliphatic heterocycles. The highest BCUT2D eigenvalue weighted by Crippen LogP contribution is 2.20. The first kappa shape index (κ1) is 16.0. The summed E-state index contributed by atoms with van der Waals surface area (Å²) in [5.41, 5.74) is 5.39. The number of carbonyl (C=O) groups is 1. The molecule has 19 heavy (non-hydrogen) atoms. The van der Waals surface area contributed by atoms with Crippen LogP contribution >= 0.6 is 34.2 Å². The van der Waals surface area contributed by atoms with Crippen molar-refractivity contribution in [2.45, 2.75) is 13.8 Å². The van der Waals surface area contributed by atoms with E-state index in [0.717, 1.165) is 3.57 Å². The average molecular weight is 396 g/mol. The number of oxime groups is 1. The minimum atomic E-state index is -0.628. The zero-order valence-corrected chi connectivity index (χ0v) is 13.5. The van der Waals surface area contributed by atoms with E-state index in [2.05, 4.69) is 33.1 Å². The largest absolute Gasteiger partial charge is 0.409 e. The second-order valence-corrected chi connectivity index (χ2v) is 6.25. The molecule has 1 amide bonds. The summed E-state index contributed by atoms with van der Waals surface area (Å²) in [4.78, 5) is 12.0. The van der Waals surface area contributed by atoms with Crippen LogP contribution in [0.1, 0.15) is 24.2 Å². The van der Waals surface area contributed by atoms with Gasteiger partial charge in [-0.1, -0.05) is 30.6 Å². The Kier molecular flexibility index (Phi) is 5.42. The first-order valence-electron chi connectivity index (χ1n) is 5.49. The van der Waals surface area contributed by atoms with E-state index >= 15 is 0 Å². The van der Waals surface area contributed by atoms with E-state index in [1.807, 2.05) is 0 Å². The van der Waals surface area contributed by atoms with E-state index in [1.165, 1.54) is 0 Å². The van der Waals surface area contributed by atoms with Gasteiger partial charge in [0.05, 0.1) is 5.02 Å². The van der Waals surface area contributed by atoms with Crippen molar-refractivity contribution in [3.8, 4) is 0 Å². The molecule has 0 unspecified atom stereocenters. The maximum absolute atomic E-state index is 12.0. The summed E-state index contributed by atoms with van der Waals surface area (Å²) in [6, 6.07) is 5.07. The molecule has 0 spiro atoms. The minimum absolute atomic E-state index is 0.0634. The number of nitrogens with two attached hydrogens (primary N) is 1. The van der Waals surface area contributed by atoms with Gasteiger partial charge in [0.2, 0.25) is 0 Å². The molecule has 0 radical (unpaired) electrons. The Morgan fingerprint density at radius 3 is 2.74 bits per heavy atom. The standard InChI is InChI=1S/C12H15ClIN3O2/c1-12(2,11(15)17-19)6-16-10(18)7-3-4-9(14)8(13)5-7/h3-5,19H,6H2,1-2H3,(H2,15,17)(H,16,18). The van der Waals surface area contributed by atoms with Crippen LogP contribution in [0.3, 0.4) is 0 Å². The van der Waals surface area contributed by atoms with Crippen LogP contribution in [0, 0.1) is 8.99 Å². The second kappa shape index (κ2) is 6.42. The number of nitrogens with one attached hydrogen (secondary N) is 1. The fourth-order valence-corrected chi connectivity index (χ4v) is 1.78.